The van der Waals surface area contributed by atoms with Gasteiger partial charge in [0.05, 0.1) is 6.54 Å². The molecule has 0 unspecified atom stereocenters. The second-order valence-electron chi connectivity index (χ2n) is 8.42. The molecule has 146 valence electrons. The maximum Gasteiger partial charge on any atom is 0.160 e. The molecule has 2 aliphatic rings. The van der Waals surface area contributed by atoms with E-state index in [1.54, 1.807) is 0 Å². The molecule has 2 aromatic heterocycles. The average Bonchev–Trinajstić information content (AvgIpc) is 3.27. The summed E-state index contributed by atoms with van der Waals surface area (Å²) in [6.07, 6.45) is 7.41. The van der Waals surface area contributed by atoms with Crippen LogP contribution in [0.4, 0.5) is 0 Å². The topological polar surface area (TPSA) is 45.5 Å². The third kappa shape index (κ3) is 3.69. The Labute approximate surface area is 166 Å². The van der Waals surface area contributed by atoms with Gasteiger partial charge in [-0.3, -0.25) is 9.30 Å². The summed E-state index contributed by atoms with van der Waals surface area (Å²) >= 11 is 0. The van der Waals surface area contributed by atoms with E-state index in [1.165, 1.54) is 44.3 Å². The van der Waals surface area contributed by atoms with E-state index < -0.39 is 0 Å². The van der Waals surface area contributed by atoms with E-state index in [9.17, 15) is 0 Å². The monoisotopic (exact) mass is 375 g/mol. The van der Waals surface area contributed by atoms with Crippen molar-refractivity contribution in [3.8, 4) is 0 Å². The molecule has 5 rings (SSSR count). The molecule has 1 aliphatic heterocycles. The summed E-state index contributed by atoms with van der Waals surface area (Å²) < 4.78 is 2.09. The molecule has 5 heteroatoms. The summed E-state index contributed by atoms with van der Waals surface area (Å²) in [5.41, 5.74) is 2.35. The van der Waals surface area contributed by atoms with Crippen molar-refractivity contribution in [2.75, 3.05) is 13.1 Å². The molecule has 1 saturated carbocycles. The van der Waals surface area contributed by atoms with Crippen LogP contribution in [0.3, 0.4) is 0 Å². The SMILES string of the molecule is c1ccc(CN2C[C@@H]3CCCC[C@H](NCc4nnc5ccccn45)[C@@H]3C2)cc1. The van der Waals surface area contributed by atoms with Gasteiger partial charge in [0.25, 0.3) is 0 Å². The van der Waals surface area contributed by atoms with Gasteiger partial charge >= 0.3 is 0 Å². The van der Waals surface area contributed by atoms with Crippen LogP contribution < -0.4 is 5.32 Å². The molecule has 0 radical (unpaired) electrons. The van der Waals surface area contributed by atoms with Crippen LogP contribution in [0.15, 0.2) is 54.7 Å². The zero-order valence-electron chi connectivity index (χ0n) is 16.4. The summed E-state index contributed by atoms with van der Waals surface area (Å²) in [4.78, 5) is 2.66. The van der Waals surface area contributed by atoms with Crippen LogP contribution in [-0.2, 0) is 13.1 Å². The van der Waals surface area contributed by atoms with E-state index >= 15 is 0 Å². The van der Waals surface area contributed by atoms with Crippen molar-refractivity contribution in [3.05, 3.63) is 66.1 Å². The van der Waals surface area contributed by atoms with Gasteiger partial charge in [-0.05, 0) is 42.4 Å². The molecule has 2 fully saturated rings. The van der Waals surface area contributed by atoms with Gasteiger partial charge in [-0.2, -0.15) is 0 Å². The standard InChI is InChI=1S/C23H29N5/c1-2-8-18(9-3-1)15-27-16-19-10-4-5-11-21(20(19)17-27)24-14-23-26-25-22-12-6-7-13-28(22)23/h1-3,6-9,12-13,19-21,24H,4-5,10-11,14-17H2/t19-,20+,21-/m0/s1. The summed E-state index contributed by atoms with van der Waals surface area (Å²) in [6, 6.07) is 17.5. The Balaban J connectivity index is 1.26. The van der Waals surface area contributed by atoms with E-state index in [4.69, 9.17) is 0 Å². The Morgan fingerprint density at radius 2 is 1.79 bits per heavy atom. The molecule has 1 aromatic carbocycles. The number of pyridine rings is 1. The van der Waals surface area contributed by atoms with E-state index in [0.717, 1.165) is 36.4 Å². The summed E-state index contributed by atoms with van der Waals surface area (Å²) in [7, 11) is 0. The molecule has 5 nitrogen and oxygen atoms in total. The maximum absolute atomic E-state index is 4.40. The Hall–Kier alpha value is -2.24. The Bertz CT molecular complexity index is 906. The third-order valence-corrected chi connectivity index (χ3v) is 6.58. The number of benzene rings is 1. The first-order chi connectivity index (χ1) is 13.9. The highest BCUT2D eigenvalue weighted by Crippen LogP contribution is 2.36. The van der Waals surface area contributed by atoms with Crippen LogP contribution in [0, 0.1) is 11.8 Å². The number of nitrogens with one attached hydrogen (secondary N) is 1. The minimum absolute atomic E-state index is 0.573. The second kappa shape index (κ2) is 8.02. The van der Waals surface area contributed by atoms with Gasteiger partial charge in [0.15, 0.2) is 11.5 Å². The minimum atomic E-state index is 0.573. The zero-order chi connectivity index (χ0) is 18.8. The molecule has 0 bridgehead atoms. The van der Waals surface area contributed by atoms with Crippen molar-refractivity contribution in [1.82, 2.24) is 24.8 Å². The predicted molar refractivity (Wildman–Crippen MR) is 111 cm³/mol. The molecule has 3 heterocycles. The molecule has 0 amide bonds. The van der Waals surface area contributed by atoms with Crippen molar-refractivity contribution in [3.63, 3.8) is 0 Å². The number of hydrogen-bond acceptors (Lipinski definition) is 4. The van der Waals surface area contributed by atoms with Crippen molar-refractivity contribution in [2.24, 2.45) is 11.8 Å². The molecule has 3 aromatic rings. The predicted octanol–water partition coefficient (Wildman–Crippen LogP) is 3.51. The lowest BCUT2D eigenvalue weighted by Gasteiger charge is -2.26. The van der Waals surface area contributed by atoms with Crippen LogP contribution in [0.1, 0.15) is 37.1 Å². The maximum atomic E-state index is 4.40. The van der Waals surface area contributed by atoms with E-state index in [2.05, 4.69) is 61.3 Å². The van der Waals surface area contributed by atoms with Crippen LogP contribution >= 0.6 is 0 Å². The van der Waals surface area contributed by atoms with E-state index in [1.807, 2.05) is 18.2 Å². The summed E-state index contributed by atoms with van der Waals surface area (Å²) in [5.74, 6) is 2.57. The molecule has 0 spiro atoms. The molecular weight excluding hydrogens is 346 g/mol. The summed E-state index contributed by atoms with van der Waals surface area (Å²) in [6.45, 7) is 4.32. The Morgan fingerprint density at radius 3 is 2.71 bits per heavy atom. The van der Waals surface area contributed by atoms with Crippen LogP contribution in [0.2, 0.25) is 0 Å². The lowest BCUT2D eigenvalue weighted by molar-refractivity contribution is 0.280. The van der Waals surface area contributed by atoms with Crippen molar-refractivity contribution < 1.29 is 0 Å². The normalized spacial score (nSPS) is 25.6. The lowest BCUT2D eigenvalue weighted by Crippen LogP contribution is -2.39. The van der Waals surface area contributed by atoms with E-state index in [0.29, 0.717) is 6.04 Å². The van der Waals surface area contributed by atoms with Gasteiger partial charge in [-0.15, -0.1) is 10.2 Å². The number of fused-ring (bicyclic) bond motifs is 2. The highest BCUT2D eigenvalue weighted by Gasteiger charge is 2.38. The lowest BCUT2D eigenvalue weighted by atomic mass is 9.88. The highest BCUT2D eigenvalue weighted by atomic mass is 15.3. The highest BCUT2D eigenvalue weighted by molar-refractivity contribution is 5.36. The first-order valence-electron chi connectivity index (χ1n) is 10.6. The van der Waals surface area contributed by atoms with Gasteiger partial charge in [0, 0.05) is 31.9 Å². The molecule has 28 heavy (non-hydrogen) atoms. The molecule has 3 atom stereocenters. The first kappa shape index (κ1) is 17.8. The smallest absolute Gasteiger partial charge is 0.160 e. The van der Waals surface area contributed by atoms with Gasteiger partial charge in [-0.1, -0.05) is 49.2 Å². The fraction of sp³-hybridized carbons (Fsp3) is 0.478. The van der Waals surface area contributed by atoms with Crippen molar-refractivity contribution >= 4 is 5.65 Å². The number of nitrogens with zero attached hydrogens (tertiary/aromatic N) is 4. The number of likely N-dealkylation sites (tertiary alicyclic amines) is 1. The number of aromatic nitrogens is 3. The quantitative estimate of drug-likeness (QED) is 0.741. The van der Waals surface area contributed by atoms with Gasteiger partial charge in [0.1, 0.15) is 0 Å². The molecular formula is C23H29N5. The van der Waals surface area contributed by atoms with E-state index in [-0.39, 0.29) is 0 Å². The van der Waals surface area contributed by atoms with Gasteiger partial charge in [-0.25, -0.2) is 0 Å². The Kier molecular flexibility index (Phi) is 5.10. The fourth-order valence-electron chi connectivity index (χ4n) is 5.19. The van der Waals surface area contributed by atoms with Crippen molar-refractivity contribution in [2.45, 2.75) is 44.8 Å². The third-order valence-electron chi connectivity index (χ3n) is 6.58. The largest absolute Gasteiger partial charge is 0.307 e. The minimum Gasteiger partial charge on any atom is -0.307 e. The first-order valence-corrected chi connectivity index (χ1v) is 10.6. The van der Waals surface area contributed by atoms with Gasteiger partial charge < -0.3 is 5.32 Å². The van der Waals surface area contributed by atoms with Crippen LogP contribution in [0.5, 0.6) is 0 Å². The average molecular weight is 376 g/mol. The molecule has 1 saturated heterocycles. The van der Waals surface area contributed by atoms with Crippen LogP contribution in [-0.4, -0.2) is 38.6 Å². The fourth-order valence-corrected chi connectivity index (χ4v) is 5.19. The number of hydrogen-bond donors (Lipinski definition) is 1. The zero-order valence-corrected chi connectivity index (χ0v) is 16.4. The second-order valence-corrected chi connectivity index (χ2v) is 8.42. The van der Waals surface area contributed by atoms with Crippen molar-refractivity contribution in [1.29, 1.82) is 0 Å². The summed E-state index contributed by atoms with van der Waals surface area (Å²) in [5, 5.41) is 12.6. The number of rotatable bonds is 5. The Morgan fingerprint density at radius 1 is 0.929 bits per heavy atom. The molecule has 1 aliphatic carbocycles. The van der Waals surface area contributed by atoms with Crippen LogP contribution in [0.25, 0.3) is 5.65 Å². The molecule has 1 N–H and O–H groups in total. The van der Waals surface area contributed by atoms with Gasteiger partial charge in [0.2, 0.25) is 0 Å².